The number of pyridine rings is 2. The second-order valence-electron chi connectivity index (χ2n) is 13.5. The third-order valence-corrected chi connectivity index (χ3v) is 7.96. The molecule has 0 aliphatic carbocycles. The van der Waals surface area contributed by atoms with Gasteiger partial charge >= 0.3 is 12.7 Å². The molecule has 0 saturated carbocycles. The number of hydrogen-bond acceptors (Lipinski definition) is 10. The molecule has 2 aromatic heterocycles. The van der Waals surface area contributed by atoms with Crippen LogP contribution in [0, 0.1) is 22.7 Å². The molecule has 0 radical (unpaired) electrons. The van der Waals surface area contributed by atoms with E-state index < -0.39 is 35.1 Å². The number of ether oxygens (including phenoxy) is 4. The first-order valence-electron chi connectivity index (χ1n) is 15.9. The third kappa shape index (κ3) is 12.7. The van der Waals surface area contributed by atoms with E-state index in [9.17, 15) is 35.9 Å². The van der Waals surface area contributed by atoms with Gasteiger partial charge in [-0.3, -0.25) is 9.59 Å². The number of carbonyl (C=O) groups excluding carboxylic acids is 2. The van der Waals surface area contributed by atoms with Gasteiger partial charge in [0.25, 0.3) is 11.8 Å². The van der Waals surface area contributed by atoms with Crippen molar-refractivity contribution in [1.29, 1.82) is 0 Å². The monoisotopic (exact) mass is 722 g/mol. The average Bonchev–Trinajstić information content (AvgIpc) is 3.61. The average molecular weight is 723 g/mol. The molecule has 4 rings (SSSR count). The Morgan fingerprint density at radius 2 is 1.06 bits per heavy atom. The number of carbonyl (C=O) groups is 2. The third-order valence-electron chi connectivity index (χ3n) is 7.96. The second-order valence-corrected chi connectivity index (χ2v) is 13.5. The Morgan fingerprint density at radius 1 is 0.700 bits per heavy atom. The maximum atomic E-state index is 12.5. The molecule has 2 saturated heterocycles. The van der Waals surface area contributed by atoms with Crippen molar-refractivity contribution in [3.05, 3.63) is 36.7 Å². The molecule has 18 heteroatoms. The fourth-order valence-corrected chi connectivity index (χ4v) is 4.74. The second kappa shape index (κ2) is 16.8. The Kier molecular flexibility index (Phi) is 13.5. The molecule has 50 heavy (non-hydrogen) atoms. The molecule has 2 amide bonds. The van der Waals surface area contributed by atoms with Gasteiger partial charge in [-0.1, -0.05) is 13.8 Å². The van der Waals surface area contributed by atoms with Gasteiger partial charge in [-0.05, 0) is 76.9 Å². The zero-order valence-corrected chi connectivity index (χ0v) is 28.6. The Bertz CT molecular complexity index is 1320. The van der Waals surface area contributed by atoms with Crippen LogP contribution in [0.2, 0.25) is 0 Å². The van der Waals surface area contributed by atoms with Gasteiger partial charge in [-0.15, -0.1) is 26.3 Å². The number of nitrogens with zero attached hydrogens (tertiary/aromatic N) is 2. The fraction of sp³-hybridized carbons (Fsp3) is 0.625. The highest BCUT2D eigenvalue weighted by Gasteiger charge is 2.37. The zero-order valence-electron chi connectivity index (χ0n) is 28.6. The van der Waals surface area contributed by atoms with Crippen molar-refractivity contribution < 1.29 is 54.9 Å². The molecule has 4 N–H and O–H groups in total. The van der Waals surface area contributed by atoms with Crippen molar-refractivity contribution in [2.45, 2.75) is 66.4 Å². The summed E-state index contributed by atoms with van der Waals surface area (Å²) in [6.45, 7) is 13.4. The van der Waals surface area contributed by atoms with E-state index in [0.29, 0.717) is 24.9 Å². The summed E-state index contributed by atoms with van der Waals surface area (Å²) < 4.78 is 92.9. The van der Waals surface area contributed by atoms with Crippen LogP contribution >= 0.6 is 0 Å². The Labute approximate surface area is 286 Å². The standard InChI is InChI=1S/2C16H22F3N3O3/c2*1-10-7-20-8-11(10)22-14(23)15(2,3)9-24-13-12(5-4-6-21-13)25-16(17,18)19/h2*4-6,10-11,20H,7-9H2,1-3H3,(H,22,23)/t2*10-,11-/m10/s1. The van der Waals surface area contributed by atoms with Crippen LogP contribution in [0.25, 0.3) is 0 Å². The number of nitrogens with one attached hydrogen (secondary N) is 4. The molecule has 2 aromatic rings. The minimum atomic E-state index is -4.85. The fourth-order valence-electron chi connectivity index (χ4n) is 4.74. The highest BCUT2D eigenvalue weighted by atomic mass is 19.4. The predicted molar refractivity (Wildman–Crippen MR) is 168 cm³/mol. The smallest absolute Gasteiger partial charge is 0.474 e. The van der Waals surface area contributed by atoms with Crippen molar-refractivity contribution in [3.63, 3.8) is 0 Å². The minimum Gasteiger partial charge on any atom is -0.474 e. The van der Waals surface area contributed by atoms with Gasteiger partial charge < -0.3 is 40.2 Å². The molecule has 2 fully saturated rings. The lowest BCUT2D eigenvalue weighted by molar-refractivity contribution is -0.276. The van der Waals surface area contributed by atoms with Crippen LogP contribution in [0.5, 0.6) is 23.3 Å². The molecule has 2 aliphatic rings. The van der Waals surface area contributed by atoms with Gasteiger partial charge in [-0.25, -0.2) is 9.97 Å². The first kappa shape index (κ1) is 40.4. The predicted octanol–water partition coefficient (Wildman–Crippen LogP) is 4.22. The summed E-state index contributed by atoms with van der Waals surface area (Å²) in [4.78, 5) is 32.4. The quantitative estimate of drug-likeness (QED) is 0.235. The van der Waals surface area contributed by atoms with Crippen LogP contribution in [0.3, 0.4) is 0 Å². The van der Waals surface area contributed by atoms with Crippen LogP contribution in [0.4, 0.5) is 26.3 Å². The van der Waals surface area contributed by atoms with Crippen LogP contribution in [-0.2, 0) is 9.59 Å². The van der Waals surface area contributed by atoms with Crippen molar-refractivity contribution in [1.82, 2.24) is 31.2 Å². The maximum Gasteiger partial charge on any atom is 0.573 e. The van der Waals surface area contributed by atoms with Gasteiger partial charge in [0.2, 0.25) is 11.8 Å². The van der Waals surface area contributed by atoms with Crippen molar-refractivity contribution >= 4 is 11.8 Å². The molecule has 4 heterocycles. The van der Waals surface area contributed by atoms with Crippen LogP contribution in [0.15, 0.2) is 36.7 Å². The number of rotatable bonds is 12. The molecule has 0 aromatic carbocycles. The number of alkyl halides is 6. The first-order valence-corrected chi connectivity index (χ1v) is 15.9. The zero-order chi connectivity index (χ0) is 37.3. The van der Waals surface area contributed by atoms with Crippen molar-refractivity contribution in [2.75, 3.05) is 39.4 Å². The van der Waals surface area contributed by atoms with E-state index in [1.165, 1.54) is 24.5 Å². The Morgan fingerprint density at radius 3 is 1.36 bits per heavy atom. The summed E-state index contributed by atoms with van der Waals surface area (Å²) >= 11 is 0. The maximum absolute atomic E-state index is 12.5. The molecular formula is C32H44F6N6O6. The van der Waals surface area contributed by atoms with Gasteiger partial charge in [0.05, 0.1) is 10.8 Å². The lowest BCUT2D eigenvalue weighted by Crippen LogP contribution is -2.48. The molecule has 280 valence electrons. The van der Waals surface area contributed by atoms with Crippen molar-refractivity contribution in [3.8, 4) is 23.3 Å². The van der Waals surface area contributed by atoms with Gasteiger partial charge in [0, 0.05) is 37.6 Å². The molecule has 12 nitrogen and oxygen atoms in total. The highest BCUT2D eigenvalue weighted by Crippen LogP contribution is 2.32. The molecular weight excluding hydrogens is 678 g/mol. The summed E-state index contributed by atoms with van der Waals surface area (Å²) in [7, 11) is 0. The Hall–Kier alpha value is -4.06. The van der Waals surface area contributed by atoms with E-state index in [-0.39, 0.29) is 48.9 Å². The van der Waals surface area contributed by atoms with Gasteiger partial charge in [-0.2, -0.15) is 0 Å². The van der Waals surface area contributed by atoms with E-state index in [1.807, 2.05) is 13.8 Å². The number of amides is 2. The van der Waals surface area contributed by atoms with Gasteiger partial charge in [0.1, 0.15) is 13.2 Å². The topological polar surface area (TPSA) is 145 Å². The van der Waals surface area contributed by atoms with E-state index in [4.69, 9.17) is 9.47 Å². The largest absolute Gasteiger partial charge is 0.573 e. The summed E-state index contributed by atoms with van der Waals surface area (Å²) in [5.41, 5.74) is -1.90. The minimum absolute atomic E-state index is 0.0192. The highest BCUT2D eigenvalue weighted by molar-refractivity contribution is 5.82. The normalized spacial score (nSPS) is 21.0. The van der Waals surface area contributed by atoms with Crippen LogP contribution < -0.4 is 40.2 Å². The number of halogens is 6. The van der Waals surface area contributed by atoms with Crippen LogP contribution in [-0.4, -0.2) is 86.0 Å². The van der Waals surface area contributed by atoms with E-state index >= 15 is 0 Å². The lowest BCUT2D eigenvalue weighted by Gasteiger charge is -2.27. The molecule has 4 atom stereocenters. The first-order chi connectivity index (χ1) is 23.2. The molecule has 0 unspecified atom stereocenters. The van der Waals surface area contributed by atoms with E-state index in [0.717, 1.165) is 25.2 Å². The molecule has 2 aliphatic heterocycles. The van der Waals surface area contributed by atoms with Crippen molar-refractivity contribution in [2.24, 2.45) is 22.7 Å². The Balaban J connectivity index is 0.000000270. The number of hydrogen-bond donors (Lipinski definition) is 4. The van der Waals surface area contributed by atoms with Gasteiger partial charge in [0.15, 0.2) is 11.5 Å². The van der Waals surface area contributed by atoms with Crippen LogP contribution in [0.1, 0.15) is 41.5 Å². The van der Waals surface area contributed by atoms with E-state index in [1.54, 1.807) is 27.7 Å². The summed E-state index contributed by atoms with van der Waals surface area (Å²) in [5, 5.41) is 12.3. The SMILES string of the molecule is C[C@@H]1CNC[C@H]1NC(=O)C(C)(C)COc1ncccc1OC(F)(F)F.C[C@H]1CNC[C@@H]1NC(=O)C(C)(C)COc1ncccc1OC(F)(F)F. The summed E-state index contributed by atoms with van der Waals surface area (Å²) in [6.07, 6.45) is -7.12. The molecule has 0 spiro atoms. The molecule has 0 bridgehead atoms. The summed E-state index contributed by atoms with van der Waals surface area (Å²) in [6, 6.07) is 4.86. The lowest BCUT2D eigenvalue weighted by atomic mass is 9.92. The number of aromatic nitrogens is 2. The summed E-state index contributed by atoms with van der Waals surface area (Å²) in [5.74, 6) is -1.55. The van der Waals surface area contributed by atoms with E-state index in [2.05, 4.69) is 40.7 Å².